The molecule has 114 valence electrons. The van der Waals surface area contributed by atoms with Crippen molar-refractivity contribution in [2.45, 2.75) is 0 Å². The molecule has 1 fully saturated rings. The maximum absolute atomic E-state index is 11.9. The molecule has 2 amide bonds. The molecule has 1 aliphatic heterocycles. The molecule has 0 unspecified atom stereocenters. The van der Waals surface area contributed by atoms with Crippen LogP contribution in [0.5, 0.6) is 11.5 Å². The quantitative estimate of drug-likeness (QED) is 0.419. The molecule has 1 heterocycles. The minimum absolute atomic E-state index is 0.139. The van der Waals surface area contributed by atoms with Crippen LogP contribution in [0.3, 0.4) is 0 Å². The van der Waals surface area contributed by atoms with Crippen molar-refractivity contribution in [3.05, 3.63) is 26.2 Å². The zero-order valence-corrected chi connectivity index (χ0v) is 14.9. The third-order valence-corrected chi connectivity index (χ3v) is 4.60. The van der Waals surface area contributed by atoms with E-state index in [1.807, 2.05) is 6.07 Å². The van der Waals surface area contributed by atoms with Crippen molar-refractivity contribution in [2.24, 2.45) is 0 Å². The molecule has 0 N–H and O–H groups in total. The van der Waals surface area contributed by atoms with Crippen molar-refractivity contribution in [1.29, 1.82) is 0 Å². The molecular formula is C15H12INO4S. The maximum atomic E-state index is 11.9. The van der Waals surface area contributed by atoms with E-state index in [0.29, 0.717) is 16.4 Å². The van der Waals surface area contributed by atoms with Crippen LogP contribution in [0, 0.1) is 15.9 Å². The Hall–Kier alpha value is -1.66. The number of hydrogen-bond acceptors (Lipinski definition) is 5. The molecule has 0 saturated carbocycles. The Balaban J connectivity index is 2.38. The maximum Gasteiger partial charge on any atom is 0.293 e. The van der Waals surface area contributed by atoms with Gasteiger partial charge in [-0.2, -0.15) is 0 Å². The fraction of sp³-hybridized carbons (Fsp3) is 0.200. The predicted molar refractivity (Wildman–Crippen MR) is 93.8 cm³/mol. The number of halogens is 1. The van der Waals surface area contributed by atoms with Crippen LogP contribution >= 0.6 is 34.4 Å². The Morgan fingerprint density at radius 3 is 2.73 bits per heavy atom. The number of rotatable bonds is 4. The van der Waals surface area contributed by atoms with Crippen LogP contribution < -0.4 is 9.47 Å². The van der Waals surface area contributed by atoms with E-state index in [2.05, 4.69) is 28.5 Å². The average Bonchev–Trinajstić information content (AvgIpc) is 2.73. The average molecular weight is 429 g/mol. The summed E-state index contributed by atoms with van der Waals surface area (Å²) in [5, 5.41) is -0.285. The summed E-state index contributed by atoms with van der Waals surface area (Å²) in [6.45, 7) is 0.139. The van der Waals surface area contributed by atoms with Gasteiger partial charge < -0.3 is 9.47 Å². The zero-order valence-electron chi connectivity index (χ0n) is 11.9. The molecule has 7 heteroatoms. The smallest absolute Gasteiger partial charge is 0.293 e. The highest BCUT2D eigenvalue weighted by Gasteiger charge is 2.31. The van der Waals surface area contributed by atoms with Gasteiger partial charge in [0, 0.05) is 7.05 Å². The van der Waals surface area contributed by atoms with E-state index in [1.165, 1.54) is 14.2 Å². The molecule has 0 radical (unpaired) electrons. The first-order chi connectivity index (χ1) is 10.5. The fourth-order valence-corrected chi connectivity index (χ4v) is 3.38. The first kappa shape index (κ1) is 16.7. The van der Waals surface area contributed by atoms with Gasteiger partial charge in [0.2, 0.25) is 0 Å². The van der Waals surface area contributed by atoms with Crippen molar-refractivity contribution < 1.29 is 19.1 Å². The minimum Gasteiger partial charge on any atom is -0.493 e. The number of ether oxygens (including phenoxy) is 2. The summed E-state index contributed by atoms with van der Waals surface area (Å²) in [6, 6.07) is 3.57. The van der Waals surface area contributed by atoms with Crippen molar-refractivity contribution in [3.63, 3.8) is 0 Å². The molecule has 1 aliphatic rings. The van der Waals surface area contributed by atoms with Gasteiger partial charge in [-0.15, -0.1) is 6.42 Å². The summed E-state index contributed by atoms with van der Waals surface area (Å²) in [7, 11) is 2.98. The van der Waals surface area contributed by atoms with Gasteiger partial charge in [0.1, 0.15) is 6.61 Å². The van der Waals surface area contributed by atoms with Gasteiger partial charge in [0.25, 0.3) is 11.1 Å². The molecule has 22 heavy (non-hydrogen) atoms. The van der Waals surface area contributed by atoms with Gasteiger partial charge >= 0.3 is 0 Å². The summed E-state index contributed by atoms with van der Waals surface area (Å²) in [5.74, 6) is 3.17. The van der Waals surface area contributed by atoms with Crippen LogP contribution in [0.1, 0.15) is 5.56 Å². The number of nitrogens with zero attached hydrogens (tertiary/aromatic N) is 1. The first-order valence-electron chi connectivity index (χ1n) is 6.13. The second kappa shape index (κ2) is 7.07. The molecule has 5 nitrogen and oxygen atoms in total. The van der Waals surface area contributed by atoms with Crippen LogP contribution in [0.15, 0.2) is 17.0 Å². The third-order valence-electron chi connectivity index (χ3n) is 2.84. The van der Waals surface area contributed by atoms with Gasteiger partial charge in [-0.25, -0.2) is 0 Å². The van der Waals surface area contributed by atoms with E-state index in [0.717, 1.165) is 25.8 Å². The molecular weight excluding hydrogens is 417 g/mol. The van der Waals surface area contributed by atoms with E-state index in [4.69, 9.17) is 15.9 Å². The standard InChI is InChI=1S/C15H12INO4S/c1-4-5-21-13-10(16)6-9(7-11(13)20-3)8-12-14(18)17(2)15(19)22-12/h1,6-8H,5H2,2-3H3/b12-8-. The number of terminal acetylenes is 1. The highest BCUT2D eigenvalue weighted by Crippen LogP contribution is 2.36. The van der Waals surface area contributed by atoms with Crippen molar-refractivity contribution in [3.8, 4) is 23.8 Å². The monoisotopic (exact) mass is 429 g/mol. The van der Waals surface area contributed by atoms with Crippen molar-refractivity contribution >= 4 is 51.6 Å². The number of imide groups is 1. The van der Waals surface area contributed by atoms with Crippen molar-refractivity contribution in [1.82, 2.24) is 4.90 Å². The number of benzene rings is 1. The lowest BCUT2D eigenvalue weighted by molar-refractivity contribution is -0.121. The Morgan fingerprint density at radius 2 is 2.18 bits per heavy atom. The summed E-state index contributed by atoms with van der Waals surface area (Å²) < 4.78 is 11.6. The van der Waals surface area contributed by atoms with Crippen molar-refractivity contribution in [2.75, 3.05) is 20.8 Å². The Morgan fingerprint density at radius 1 is 1.45 bits per heavy atom. The number of thioether (sulfide) groups is 1. The highest BCUT2D eigenvalue weighted by molar-refractivity contribution is 14.1. The Kier molecular flexibility index (Phi) is 5.37. The third kappa shape index (κ3) is 3.39. The zero-order chi connectivity index (χ0) is 16.3. The normalized spacial score (nSPS) is 16.1. The molecule has 1 aromatic carbocycles. The molecule has 0 bridgehead atoms. The summed E-state index contributed by atoms with van der Waals surface area (Å²) in [4.78, 5) is 24.9. The van der Waals surface area contributed by atoms with E-state index >= 15 is 0 Å². The predicted octanol–water partition coefficient (Wildman–Crippen LogP) is 2.98. The van der Waals surface area contributed by atoms with E-state index in [1.54, 1.807) is 12.1 Å². The molecule has 0 spiro atoms. The first-order valence-corrected chi connectivity index (χ1v) is 8.02. The Bertz CT molecular complexity index is 708. The van der Waals surface area contributed by atoms with E-state index < -0.39 is 0 Å². The number of amides is 2. The molecule has 0 atom stereocenters. The molecule has 2 rings (SSSR count). The van der Waals surface area contributed by atoms with E-state index in [9.17, 15) is 9.59 Å². The number of carbonyl (C=O) groups is 2. The molecule has 1 aromatic rings. The fourth-order valence-electron chi connectivity index (χ4n) is 1.77. The summed E-state index contributed by atoms with van der Waals surface area (Å²) >= 11 is 3.01. The summed E-state index contributed by atoms with van der Waals surface area (Å²) in [6.07, 6.45) is 6.85. The van der Waals surface area contributed by atoms with Gasteiger partial charge in [0.05, 0.1) is 15.6 Å². The van der Waals surface area contributed by atoms with E-state index in [-0.39, 0.29) is 17.8 Å². The van der Waals surface area contributed by atoms with Crippen LogP contribution in [-0.2, 0) is 4.79 Å². The second-order valence-electron chi connectivity index (χ2n) is 4.27. The van der Waals surface area contributed by atoms with Gasteiger partial charge in [-0.1, -0.05) is 5.92 Å². The molecule has 0 aromatic heterocycles. The SMILES string of the molecule is C#CCOc1c(I)cc(/C=C2\SC(=O)N(C)C2=O)cc1OC. The second-order valence-corrected chi connectivity index (χ2v) is 6.42. The minimum atomic E-state index is -0.309. The van der Waals surface area contributed by atoms with Gasteiger partial charge in [-0.05, 0) is 58.1 Å². The number of methoxy groups -OCH3 is 1. The number of hydrogen-bond donors (Lipinski definition) is 0. The lowest BCUT2D eigenvalue weighted by atomic mass is 10.2. The van der Waals surface area contributed by atoms with Crippen LogP contribution in [0.25, 0.3) is 6.08 Å². The van der Waals surface area contributed by atoms with Crippen LogP contribution in [0.4, 0.5) is 4.79 Å². The summed E-state index contributed by atoms with van der Waals surface area (Å²) in [5.41, 5.74) is 0.744. The lowest BCUT2D eigenvalue weighted by Gasteiger charge is -2.12. The number of likely N-dealkylation sites (N-methyl/N-ethyl adjacent to an activating group) is 1. The number of carbonyl (C=O) groups excluding carboxylic acids is 2. The largest absolute Gasteiger partial charge is 0.493 e. The molecule has 0 aliphatic carbocycles. The van der Waals surface area contributed by atoms with Crippen LogP contribution in [-0.4, -0.2) is 36.8 Å². The topological polar surface area (TPSA) is 55.8 Å². The highest BCUT2D eigenvalue weighted by atomic mass is 127. The lowest BCUT2D eigenvalue weighted by Crippen LogP contribution is -2.22. The van der Waals surface area contributed by atoms with Gasteiger partial charge in [0.15, 0.2) is 11.5 Å². The van der Waals surface area contributed by atoms with Crippen LogP contribution in [0.2, 0.25) is 0 Å². The Labute approximate surface area is 146 Å². The molecule has 1 saturated heterocycles. The van der Waals surface area contributed by atoms with Gasteiger partial charge in [-0.3, -0.25) is 14.5 Å².